The van der Waals surface area contributed by atoms with Crippen LogP contribution in [0.3, 0.4) is 0 Å². The largest absolute Gasteiger partial charge is 0.468 e. The third kappa shape index (κ3) is 9.34. The summed E-state index contributed by atoms with van der Waals surface area (Å²) >= 11 is 8.72. The Bertz CT molecular complexity index is 2650. The number of hydrogen-bond donors (Lipinski definition) is 9. The van der Waals surface area contributed by atoms with Crippen molar-refractivity contribution in [2.45, 2.75) is 108 Å². The second-order valence-corrected chi connectivity index (χ2v) is 19.7. The minimum atomic E-state index is -3.29. The summed E-state index contributed by atoms with van der Waals surface area (Å²) in [4.78, 5) is 33.0. The Morgan fingerprint density at radius 3 is 2.26 bits per heavy atom. The number of rotatable bonds is 16. The van der Waals surface area contributed by atoms with Gasteiger partial charge in [0.05, 0.1) is 67.6 Å². The van der Waals surface area contributed by atoms with Gasteiger partial charge in [0.1, 0.15) is 45.5 Å². The van der Waals surface area contributed by atoms with Crippen LogP contribution >= 0.6 is 34.3 Å². The maximum Gasteiger partial charge on any atom is 0.250 e. The van der Waals surface area contributed by atoms with E-state index in [1.54, 1.807) is 26.8 Å². The van der Waals surface area contributed by atoms with E-state index in [9.17, 15) is 25.5 Å². The molecule has 2 saturated carbocycles. The first-order valence-electron chi connectivity index (χ1n) is 21.3. The lowest BCUT2D eigenvalue weighted by Gasteiger charge is -2.34. The SMILES string of the molecule is CCNc1nc(C)c(-c2nc3ccccc3s2)c(NC2CC(C(C)(F)F)C(O)C2Oc2nccc3sc(-c4c(C)nc(NC(CO)CCl)nc4NC4(O)CCC(C(C)(C)O)C4O)nc23)n1. The summed E-state index contributed by atoms with van der Waals surface area (Å²) in [5.74, 6) is -4.64. The molecule has 8 unspecified atom stereocenters. The predicted molar refractivity (Wildman–Crippen MR) is 248 cm³/mol. The van der Waals surface area contributed by atoms with Crippen molar-refractivity contribution < 1.29 is 39.1 Å². The van der Waals surface area contributed by atoms with Gasteiger partial charge in [0.15, 0.2) is 5.72 Å². The van der Waals surface area contributed by atoms with Crippen LogP contribution in [0, 0.1) is 25.7 Å². The normalized spacial score (nSPS) is 24.2. The van der Waals surface area contributed by atoms with E-state index in [-0.39, 0.29) is 48.5 Å². The van der Waals surface area contributed by atoms with Crippen molar-refractivity contribution in [3.8, 4) is 27.0 Å². The molecule has 6 aromatic rings. The highest BCUT2D eigenvalue weighted by Gasteiger charge is 2.54. The molecule has 0 amide bonds. The summed E-state index contributed by atoms with van der Waals surface area (Å²) in [6.07, 6.45) is -2.66. The van der Waals surface area contributed by atoms with Crippen LogP contribution in [0.25, 0.3) is 41.6 Å². The smallest absolute Gasteiger partial charge is 0.250 e. The lowest BCUT2D eigenvalue weighted by molar-refractivity contribution is -0.0927. The van der Waals surface area contributed by atoms with Crippen LogP contribution in [0.4, 0.5) is 32.3 Å². The van der Waals surface area contributed by atoms with Crippen LogP contribution in [0.2, 0.25) is 0 Å². The molecular weight excluding hydrogens is 904 g/mol. The molecule has 5 aromatic heterocycles. The molecule has 17 nitrogen and oxygen atoms in total. The van der Waals surface area contributed by atoms with Crippen LogP contribution in [0.15, 0.2) is 36.5 Å². The van der Waals surface area contributed by atoms with E-state index in [1.165, 1.54) is 28.9 Å². The maximum absolute atomic E-state index is 15.3. The highest BCUT2D eigenvalue weighted by molar-refractivity contribution is 7.22. The van der Waals surface area contributed by atoms with Gasteiger partial charge in [-0.05, 0) is 79.0 Å². The zero-order chi connectivity index (χ0) is 46.6. The van der Waals surface area contributed by atoms with Gasteiger partial charge < -0.3 is 51.5 Å². The number of ether oxygens (including phenoxy) is 1. The van der Waals surface area contributed by atoms with E-state index >= 15 is 8.78 Å². The van der Waals surface area contributed by atoms with E-state index in [1.807, 2.05) is 38.1 Å². The Hall–Kier alpha value is -4.74. The van der Waals surface area contributed by atoms with Gasteiger partial charge in [0, 0.05) is 24.5 Å². The van der Waals surface area contributed by atoms with E-state index in [4.69, 9.17) is 31.3 Å². The van der Waals surface area contributed by atoms with Crippen molar-refractivity contribution in [2.75, 3.05) is 40.3 Å². The molecule has 0 aliphatic heterocycles. The lowest BCUT2D eigenvalue weighted by atomic mass is 9.87. The van der Waals surface area contributed by atoms with Crippen molar-refractivity contribution in [1.82, 2.24) is 34.9 Å². The molecule has 2 aliphatic carbocycles. The third-order valence-electron chi connectivity index (χ3n) is 12.1. The minimum absolute atomic E-state index is 0.0309. The molecule has 8 atom stereocenters. The molecule has 0 saturated heterocycles. The first-order valence-corrected chi connectivity index (χ1v) is 23.4. The van der Waals surface area contributed by atoms with E-state index < -0.39 is 59.5 Å². The third-order valence-corrected chi connectivity index (χ3v) is 14.5. The number of para-hydroxylation sites is 1. The fourth-order valence-electron chi connectivity index (χ4n) is 8.69. The van der Waals surface area contributed by atoms with Gasteiger partial charge in [-0.1, -0.05) is 12.1 Å². The summed E-state index contributed by atoms with van der Waals surface area (Å²) in [7, 11) is 0. The topological polar surface area (TPSA) is 249 Å². The summed E-state index contributed by atoms with van der Waals surface area (Å²) < 4.78 is 38.7. The van der Waals surface area contributed by atoms with Crippen molar-refractivity contribution in [1.29, 1.82) is 0 Å². The van der Waals surface area contributed by atoms with E-state index in [0.717, 1.165) is 17.1 Å². The molecule has 0 radical (unpaired) electrons. The Morgan fingerprint density at radius 1 is 0.923 bits per heavy atom. The molecule has 0 spiro atoms. The molecule has 348 valence electrons. The van der Waals surface area contributed by atoms with Crippen LogP contribution < -0.4 is 26.0 Å². The standard InChI is InChI=1S/C43H52ClF2N11O6S2/c1-7-47-39-49-19(2)28(37-53-24-10-8-9-11-26(24)64-37)34(55-39)52-25-16-23(42(6,45)46)31(59)32(25)63-36-30-27(13-15-48-36)65-38(54-30)29-20(3)50-40(51-21(17-44)18-58)56-35(29)57-43(62)14-12-22(33(43)60)41(4,5)61/h8-11,13,15,21-23,25,31-33,58-62H,7,12,14,16-18H2,1-6H3,(H2,47,49,52,55)(H2,50,51,56,57). The minimum Gasteiger partial charge on any atom is -0.468 e. The highest BCUT2D eigenvalue weighted by atomic mass is 35.5. The first kappa shape index (κ1) is 46.8. The van der Waals surface area contributed by atoms with E-state index in [0.29, 0.717) is 62.0 Å². The van der Waals surface area contributed by atoms with E-state index in [2.05, 4.69) is 41.2 Å². The van der Waals surface area contributed by atoms with Gasteiger partial charge in [0.25, 0.3) is 5.92 Å². The number of aryl methyl sites for hydroxylation is 2. The molecule has 8 rings (SSSR count). The Labute approximate surface area is 386 Å². The summed E-state index contributed by atoms with van der Waals surface area (Å²) in [6, 6.07) is 7.86. The van der Waals surface area contributed by atoms with Gasteiger partial charge in [-0.25, -0.2) is 33.7 Å². The maximum atomic E-state index is 15.3. The lowest BCUT2D eigenvalue weighted by Crippen LogP contribution is -2.51. The molecule has 2 aliphatic rings. The number of aromatic nitrogens is 7. The molecule has 22 heteroatoms. The molecule has 2 fully saturated rings. The Balaban J connectivity index is 1.18. The molecule has 9 N–H and O–H groups in total. The van der Waals surface area contributed by atoms with Crippen molar-refractivity contribution in [3.05, 3.63) is 47.9 Å². The zero-order valence-corrected chi connectivity index (χ0v) is 38.9. The fourth-order valence-corrected chi connectivity index (χ4v) is 11.0. The summed E-state index contributed by atoms with van der Waals surface area (Å²) in [5.41, 5.74) is -0.259. The highest BCUT2D eigenvalue weighted by Crippen LogP contribution is 2.46. The van der Waals surface area contributed by atoms with Gasteiger partial charge in [-0.3, -0.25) is 0 Å². The number of nitrogens with zero attached hydrogens (tertiary/aromatic N) is 7. The Kier molecular flexibility index (Phi) is 13.1. The molecule has 1 aromatic carbocycles. The van der Waals surface area contributed by atoms with Gasteiger partial charge in [-0.15, -0.1) is 34.3 Å². The monoisotopic (exact) mass is 955 g/mol. The number of halogens is 3. The number of fused-ring (bicyclic) bond motifs is 2. The number of aliphatic hydroxyl groups excluding tert-OH is 3. The van der Waals surface area contributed by atoms with Crippen LogP contribution in [0.5, 0.6) is 5.88 Å². The fraction of sp³-hybridized carbons (Fsp3) is 0.512. The van der Waals surface area contributed by atoms with Crippen LogP contribution in [-0.4, -0.2) is 127 Å². The van der Waals surface area contributed by atoms with Gasteiger partial charge in [-0.2, -0.15) is 9.97 Å². The molecule has 5 heterocycles. The number of pyridine rings is 1. The predicted octanol–water partition coefficient (Wildman–Crippen LogP) is 6.18. The van der Waals surface area contributed by atoms with Gasteiger partial charge in [0.2, 0.25) is 17.8 Å². The average Bonchev–Trinajstić information content (AvgIpc) is 4.00. The Morgan fingerprint density at radius 2 is 1.60 bits per heavy atom. The molecule has 0 bridgehead atoms. The molecular formula is C43H52ClF2N11O6S2. The first-order chi connectivity index (χ1) is 30.8. The quantitative estimate of drug-likeness (QED) is 0.0388. The second-order valence-electron chi connectivity index (χ2n) is 17.3. The second kappa shape index (κ2) is 18.2. The summed E-state index contributed by atoms with van der Waals surface area (Å²) in [5, 5.41) is 69.1. The number of hydrogen-bond acceptors (Lipinski definition) is 19. The number of thiazole rings is 2. The van der Waals surface area contributed by atoms with Crippen LogP contribution in [0.1, 0.15) is 58.3 Å². The average molecular weight is 957 g/mol. The van der Waals surface area contributed by atoms with Crippen molar-refractivity contribution in [3.63, 3.8) is 0 Å². The summed E-state index contributed by atoms with van der Waals surface area (Å²) in [6.45, 7) is 9.56. The molecule has 65 heavy (non-hydrogen) atoms. The number of anilines is 4. The number of benzene rings is 1. The van der Waals surface area contributed by atoms with Crippen molar-refractivity contribution in [2.24, 2.45) is 11.8 Å². The number of aliphatic hydroxyl groups is 5. The van der Waals surface area contributed by atoms with Crippen LogP contribution in [-0.2, 0) is 0 Å². The number of nitrogens with one attached hydrogen (secondary N) is 4. The zero-order valence-electron chi connectivity index (χ0n) is 36.5. The van der Waals surface area contributed by atoms with Gasteiger partial charge >= 0.3 is 0 Å². The number of alkyl halides is 3. The van der Waals surface area contributed by atoms with Crippen molar-refractivity contribution >= 4 is 78.2 Å².